The van der Waals surface area contributed by atoms with Crippen LogP contribution in [0, 0.1) is 6.92 Å². The van der Waals surface area contributed by atoms with Crippen LogP contribution in [0.15, 0.2) is 0 Å². The van der Waals surface area contributed by atoms with Gasteiger partial charge in [-0.1, -0.05) is 19.8 Å². The molecular weight excluding hydrogens is 212 g/mol. The number of nitrogens with one attached hydrogen (secondary N) is 1. The van der Waals surface area contributed by atoms with Crippen LogP contribution in [0.1, 0.15) is 37.4 Å². The van der Waals surface area contributed by atoms with Crippen molar-refractivity contribution in [3.8, 4) is 0 Å². The van der Waals surface area contributed by atoms with Crippen LogP contribution in [-0.2, 0) is 13.6 Å². The van der Waals surface area contributed by atoms with Crippen molar-refractivity contribution in [2.75, 3.05) is 26.0 Å². The predicted molar refractivity (Wildman–Crippen MR) is 73.4 cm³/mol. The number of aromatic nitrogens is 2. The van der Waals surface area contributed by atoms with Gasteiger partial charge in [-0.2, -0.15) is 5.10 Å². The summed E-state index contributed by atoms with van der Waals surface area (Å²) in [5.41, 5.74) is 2.44. The predicted octanol–water partition coefficient (Wildman–Crippen LogP) is 2.39. The minimum Gasteiger partial charge on any atom is -0.373 e. The normalized spacial score (nSPS) is 11.2. The minimum absolute atomic E-state index is 0.972. The minimum atomic E-state index is 0.972. The second-order valence-corrected chi connectivity index (χ2v) is 4.73. The molecule has 0 unspecified atom stereocenters. The summed E-state index contributed by atoms with van der Waals surface area (Å²) in [7, 11) is 6.12. The second kappa shape index (κ2) is 6.64. The first kappa shape index (κ1) is 14.0. The third-order valence-corrected chi connectivity index (χ3v) is 3.15. The van der Waals surface area contributed by atoms with Gasteiger partial charge in [-0.05, 0) is 26.9 Å². The average Bonchev–Trinajstić information content (AvgIpc) is 2.54. The molecule has 17 heavy (non-hydrogen) atoms. The average molecular weight is 238 g/mol. The van der Waals surface area contributed by atoms with E-state index in [0.29, 0.717) is 0 Å². The molecule has 0 aliphatic rings. The fourth-order valence-corrected chi connectivity index (χ4v) is 2.18. The van der Waals surface area contributed by atoms with Crippen LogP contribution in [0.3, 0.4) is 0 Å². The SMILES string of the molecule is CCCCCN(C)Cc1c(C)nn(C)c1NC. The van der Waals surface area contributed by atoms with E-state index in [2.05, 4.69) is 36.2 Å². The van der Waals surface area contributed by atoms with Crippen LogP contribution in [0.25, 0.3) is 0 Å². The third-order valence-electron chi connectivity index (χ3n) is 3.15. The van der Waals surface area contributed by atoms with Gasteiger partial charge >= 0.3 is 0 Å². The van der Waals surface area contributed by atoms with Crippen molar-refractivity contribution in [2.24, 2.45) is 7.05 Å². The van der Waals surface area contributed by atoms with Gasteiger partial charge in [-0.15, -0.1) is 0 Å². The van der Waals surface area contributed by atoms with Gasteiger partial charge in [0.25, 0.3) is 0 Å². The highest BCUT2D eigenvalue weighted by molar-refractivity contribution is 5.46. The van der Waals surface area contributed by atoms with Gasteiger partial charge in [-0.3, -0.25) is 4.68 Å². The largest absolute Gasteiger partial charge is 0.373 e. The number of anilines is 1. The third kappa shape index (κ3) is 3.73. The number of rotatable bonds is 7. The zero-order chi connectivity index (χ0) is 12.8. The van der Waals surface area contributed by atoms with Gasteiger partial charge in [-0.25, -0.2) is 0 Å². The number of hydrogen-bond acceptors (Lipinski definition) is 3. The first-order chi connectivity index (χ1) is 8.10. The van der Waals surface area contributed by atoms with E-state index in [1.165, 1.54) is 24.8 Å². The van der Waals surface area contributed by atoms with Crippen molar-refractivity contribution >= 4 is 5.82 Å². The van der Waals surface area contributed by atoms with Gasteiger partial charge in [0.15, 0.2) is 0 Å². The van der Waals surface area contributed by atoms with Gasteiger partial charge < -0.3 is 10.2 Å². The van der Waals surface area contributed by atoms with E-state index >= 15 is 0 Å². The Morgan fingerprint density at radius 1 is 1.35 bits per heavy atom. The molecule has 0 radical (unpaired) electrons. The van der Waals surface area contributed by atoms with E-state index in [9.17, 15) is 0 Å². The van der Waals surface area contributed by atoms with Gasteiger partial charge in [0.05, 0.1) is 5.69 Å². The Kier molecular flexibility index (Phi) is 5.48. The Morgan fingerprint density at radius 2 is 2.06 bits per heavy atom. The summed E-state index contributed by atoms with van der Waals surface area (Å²) in [4.78, 5) is 2.38. The molecule has 0 saturated carbocycles. The van der Waals surface area contributed by atoms with Crippen LogP contribution in [0.2, 0.25) is 0 Å². The van der Waals surface area contributed by atoms with Crippen molar-refractivity contribution in [3.05, 3.63) is 11.3 Å². The van der Waals surface area contributed by atoms with Crippen LogP contribution in [0.5, 0.6) is 0 Å². The highest BCUT2D eigenvalue weighted by atomic mass is 15.3. The second-order valence-electron chi connectivity index (χ2n) is 4.73. The van der Waals surface area contributed by atoms with Crippen LogP contribution in [0.4, 0.5) is 5.82 Å². The zero-order valence-corrected chi connectivity index (χ0v) is 11.9. The summed E-state index contributed by atoms with van der Waals surface area (Å²) in [6.07, 6.45) is 3.87. The van der Waals surface area contributed by atoms with Crippen LogP contribution < -0.4 is 5.32 Å². The number of hydrogen-bond donors (Lipinski definition) is 1. The van der Waals surface area contributed by atoms with Gasteiger partial charge in [0, 0.05) is 26.2 Å². The molecule has 0 spiro atoms. The summed E-state index contributed by atoms with van der Waals surface area (Å²) >= 11 is 0. The van der Waals surface area contributed by atoms with E-state index in [0.717, 1.165) is 24.6 Å². The summed E-state index contributed by atoms with van der Waals surface area (Å²) in [5.74, 6) is 1.13. The maximum Gasteiger partial charge on any atom is 0.128 e. The molecule has 0 saturated heterocycles. The first-order valence-electron chi connectivity index (χ1n) is 6.48. The molecule has 1 rings (SSSR count). The molecule has 0 fully saturated rings. The number of nitrogens with zero attached hydrogens (tertiary/aromatic N) is 3. The fourth-order valence-electron chi connectivity index (χ4n) is 2.18. The Labute approximate surface area is 105 Å². The van der Waals surface area contributed by atoms with E-state index in [-0.39, 0.29) is 0 Å². The molecule has 4 nitrogen and oxygen atoms in total. The van der Waals surface area contributed by atoms with E-state index in [1.807, 2.05) is 18.8 Å². The molecule has 0 aliphatic carbocycles. The van der Waals surface area contributed by atoms with Crippen molar-refractivity contribution in [1.29, 1.82) is 0 Å². The lowest BCUT2D eigenvalue weighted by molar-refractivity contribution is 0.318. The van der Waals surface area contributed by atoms with Gasteiger partial charge in [0.1, 0.15) is 5.82 Å². The number of aryl methyl sites for hydroxylation is 2. The first-order valence-corrected chi connectivity index (χ1v) is 6.48. The smallest absolute Gasteiger partial charge is 0.128 e. The molecule has 0 aliphatic heterocycles. The molecule has 0 aromatic carbocycles. The number of unbranched alkanes of at least 4 members (excludes halogenated alkanes) is 2. The van der Waals surface area contributed by atoms with Crippen molar-refractivity contribution in [1.82, 2.24) is 14.7 Å². The Morgan fingerprint density at radius 3 is 2.65 bits per heavy atom. The monoisotopic (exact) mass is 238 g/mol. The summed E-state index contributed by atoms with van der Waals surface area (Å²) in [6, 6.07) is 0. The quantitative estimate of drug-likeness (QED) is 0.740. The molecule has 0 amide bonds. The lowest BCUT2D eigenvalue weighted by atomic mass is 10.2. The zero-order valence-electron chi connectivity index (χ0n) is 11.9. The van der Waals surface area contributed by atoms with Crippen molar-refractivity contribution < 1.29 is 0 Å². The molecule has 1 N–H and O–H groups in total. The maximum atomic E-state index is 4.46. The molecule has 1 aromatic rings. The fraction of sp³-hybridized carbons (Fsp3) is 0.769. The highest BCUT2D eigenvalue weighted by Crippen LogP contribution is 2.19. The molecule has 1 aromatic heterocycles. The Balaban J connectivity index is 2.61. The Bertz CT molecular complexity index is 343. The molecule has 0 atom stereocenters. The lowest BCUT2D eigenvalue weighted by Crippen LogP contribution is -2.20. The summed E-state index contributed by atoms with van der Waals surface area (Å²) in [6.45, 7) is 6.45. The molecular formula is C13H26N4. The van der Waals surface area contributed by atoms with E-state index in [4.69, 9.17) is 0 Å². The lowest BCUT2D eigenvalue weighted by Gasteiger charge is -2.17. The van der Waals surface area contributed by atoms with Crippen LogP contribution >= 0.6 is 0 Å². The molecule has 4 heteroatoms. The van der Waals surface area contributed by atoms with E-state index < -0.39 is 0 Å². The van der Waals surface area contributed by atoms with E-state index in [1.54, 1.807) is 0 Å². The Hall–Kier alpha value is -1.03. The maximum absolute atomic E-state index is 4.46. The molecule has 98 valence electrons. The standard InChI is InChI=1S/C13H26N4/c1-6-7-8-9-16(4)10-12-11(2)15-17(5)13(12)14-3/h14H,6-10H2,1-5H3. The topological polar surface area (TPSA) is 33.1 Å². The summed E-state index contributed by atoms with van der Waals surface area (Å²) in [5, 5.41) is 7.69. The van der Waals surface area contributed by atoms with Crippen molar-refractivity contribution in [2.45, 2.75) is 39.7 Å². The molecule has 0 bridgehead atoms. The van der Waals surface area contributed by atoms with Gasteiger partial charge in [0.2, 0.25) is 0 Å². The molecule has 1 heterocycles. The van der Waals surface area contributed by atoms with Crippen molar-refractivity contribution in [3.63, 3.8) is 0 Å². The highest BCUT2D eigenvalue weighted by Gasteiger charge is 2.13. The van der Waals surface area contributed by atoms with Crippen LogP contribution in [-0.4, -0.2) is 35.3 Å². The summed E-state index contributed by atoms with van der Waals surface area (Å²) < 4.78 is 1.92.